The largest absolute Gasteiger partial charge is 0.490 e. The Bertz CT molecular complexity index is 1080. The summed E-state index contributed by atoms with van der Waals surface area (Å²) in [6.45, 7) is 2.52. The average Bonchev–Trinajstić information content (AvgIpc) is 2.75. The van der Waals surface area contributed by atoms with E-state index in [0.717, 1.165) is 0 Å². The van der Waals surface area contributed by atoms with Crippen molar-refractivity contribution < 1.29 is 14.3 Å². The lowest BCUT2D eigenvalue weighted by molar-refractivity contribution is 0.0956. The van der Waals surface area contributed by atoms with Crippen molar-refractivity contribution in [2.75, 3.05) is 12.3 Å². The van der Waals surface area contributed by atoms with Gasteiger partial charge in [-0.05, 0) is 55.0 Å². The first kappa shape index (κ1) is 22.5. The smallest absolute Gasteiger partial charge is 0.273 e. The fraction of sp³-hybridized carbons (Fsp3) is 0.130. The Morgan fingerprint density at radius 3 is 2.48 bits per heavy atom. The molecule has 0 aliphatic heterocycles. The maximum atomic E-state index is 12.2. The van der Waals surface area contributed by atoms with Gasteiger partial charge >= 0.3 is 0 Å². The zero-order valence-corrected chi connectivity index (χ0v) is 18.3. The van der Waals surface area contributed by atoms with Crippen LogP contribution in [-0.2, 0) is 6.61 Å². The predicted octanol–water partition coefficient (Wildman–Crippen LogP) is 5.32. The van der Waals surface area contributed by atoms with Crippen LogP contribution < -0.4 is 20.6 Å². The molecule has 0 heterocycles. The SMILES string of the molecule is CCOc1cc(/C=N\NC(=O)c2ccccc2N)ccc1OCc1c(Cl)cccc1Cl. The Balaban J connectivity index is 1.70. The van der Waals surface area contributed by atoms with Gasteiger partial charge in [0.25, 0.3) is 5.91 Å². The quantitative estimate of drug-likeness (QED) is 0.272. The molecule has 0 saturated heterocycles. The predicted molar refractivity (Wildman–Crippen MR) is 124 cm³/mol. The zero-order chi connectivity index (χ0) is 22.2. The van der Waals surface area contributed by atoms with Crippen molar-refractivity contribution in [3.05, 3.63) is 87.4 Å². The molecule has 3 rings (SSSR count). The molecule has 0 atom stereocenters. The molecule has 6 nitrogen and oxygen atoms in total. The number of carbonyl (C=O) groups excluding carboxylic acids is 1. The van der Waals surface area contributed by atoms with Crippen LogP contribution >= 0.6 is 23.2 Å². The number of para-hydroxylation sites is 1. The molecule has 0 aliphatic carbocycles. The molecule has 8 heteroatoms. The van der Waals surface area contributed by atoms with Crippen LogP contribution in [0.25, 0.3) is 0 Å². The van der Waals surface area contributed by atoms with E-state index in [1.807, 2.05) is 6.92 Å². The topological polar surface area (TPSA) is 85.9 Å². The van der Waals surface area contributed by atoms with Gasteiger partial charge in [-0.2, -0.15) is 5.10 Å². The minimum Gasteiger partial charge on any atom is -0.490 e. The first-order valence-electron chi connectivity index (χ1n) is 9.50. The van der Waals surface area contributed by atoms with E-state index in [0.29, 0.717) is 50.5 Å². The highest BCUT2D eigenvalue weighted by atomic mass is 35.5. The second kappa shape index (κ2) is 10.7. The summed E-state index contributed by atoms with van der Waals surface area (Å²) >= 11 is 12.4. The van der Waals surface area contributed by atoms with Crippen molar-refractivity contribution >= 4 is 41.0 Å². The molecule has 1 amide bonds. The fourth-order valence-electron chi connectivity index (χ4n) is 2.74. The number of benzene rings is 3. The number of nitrogens with two attached hydrogens (primary N) is 1. The third-order valence-corrected chi connectivity index (χ3v) is 4.99. The van der Waals surface area contributed by atoms with E-state index in [9.17, 15) is 4.79 Å². The molecule has 0 aromatic heterocycles. The summed E-state index contributed by atoms with van der Waals surface area (Å²) in [5.74, 6) is 0.681. The Morgan fingerprint density at radius 1 is 1.03 bits per heavy atom. The number of hydrazone groups is 1. The van der Waals surface area contributed by atoms with Gasteiger partial charge in [-0.25, -0.2) is 5.43 Å². The van der Waals surface area contributed by atoms with Crippen LogP contribution in [0.2, 0.25) is 10.0 Å². The standard InChI is InChI=1S/C23H21Cl2N3O3/c1-2-30-22-12-15(13-27-28-23(29)16-6-3-4-9-20(16)26)10-11-21(22)31-14-17-18(24)7-5-8-19(17)25/h3-13H,2,14,26H2,1H3,(H,28,29)/b27-13-. The van der Waals surface area contributed by atoms with Crippen molar-refractivity contribution in [3.8, 4) is 11.5 Å². The molecule has 3 aromatic rings. The summed E-state index contributed by atoms with van der Waals surface area (Å²) in [4.78, 5) is 12.2. The van der Waals surface area contributed by atoms with Gasteiger partial charge in [0.1, 0.15) is 6.61 Å². The van der Waals surface area contributed by atoms with Crippen LogP contribution in [0.1, 0.15) is 28.4 Å². The van der Waals surface area contributed by atoms with Gasteiger partial charge in [-0.1, -0.05) is 41.4 Å². The molecular formula is C23H21Cl2N3O3. The zero-order valence-electron chi connectivity index (χ0n) is 16.8. The maximum Gasteiger partial charge on any atom is 0.273 e. The highest BCUT2D eigenvalue weighted by molar-refractivity contribution is 6.35. The second-order valence-corrected chi connectivity index (χ2v) is 7.23. The summed E-state index contributed by atoms with van der Waals surface area (Å²) < 4.78 is 11.6. The van der Waals surface area contributed by atoms with E-state index in [2.05, 4.69) is 10.5 Å². The number of rotatable bonds is 8. The van der Waals surface area contributed by atoms with Gasteiger partial charge in [-0.15, -0.1) is 0 Å². The van der Waals surface area contributed by atoms with Gasteiger partial charge in [0.2, 0.25) is 0 Å². The Labute approximate surface area is 190 Å². The molecule has 0 fully saturated rings. The Kier molecular flexibility index (Phi) is 7.76. The molecule has 0 unspecified atom stereocenters. The highest BCUT2D eigenvalue weighted by Gasteiger charge is 2.11. The Hall–Kier alpha value is -3.22. The Morgan fingerprint density at radius 2 is 1.77 bits per heavy atom. The van der Waals surface area contributed by atoms with Crippen molar-refractivity contribution in [3.63, 3.8) is 0 Å². The lowest BCUT2D eigenvalue weighted by Crippen LogP contribution is -2.19. The van der Waals surface area contributed by atoms with Crippen LogP contribution in [0, 0.1) is 0 Å². The number of anilines is 1. The van der Waals surface area contributed by atoms with E-state index in [-0.39, 0.29) is 6.61 Å². The lowest BCUT2D eigenvalue weighted by Gasteiger charge is -2.14. The van der Waals surface area contributed by atoms with Crippen LogP contribution in [0.3, 0.4) is 0 Å². The maximum absolute atomic E-state index is 12.2. The molecule has 0 radical (unpaired) electrons. The number of hydrogen-bond acceptors (Lipinski definition) is 5. The summed E-state index contributed by atoms with van der Waals surface area (Å²) in [5, 5.41) is 5.06. The van der Waals surface area contributed by atoms with Crippen molar-refractivity contribution in [2.24, 2.45) is 5.10 Å². The summed E-state index contributed by atoms with van der Waals surface area (Å²) in [5.41, 5.74) is 10.4. The first-order chi connectivity index (χ1) is 15.0. The molecule has 0 aliphatic rings. The van der Waals surface area contributed by atoms with Gasteiger partial charge in [-0.3, -0.25) is 4.79 Å². The normalized spacial score (nSPS) is 10.8. The molecule has 0 bridgehead atoms. The summed E-state index contributed by atoms with van der Waals surface area (Å²) in [6.07, 6.45) is 1.51. The van der Waals surface area contributed by atoms with E-state index >= 15 is 0 Å². The van der Waals surface area contributed by atoms with Gasteiger partial charge in [0.05, 0.1) is 18.4 Å². The van der Waals surface area contributed by atoms with E-state index < -0.39 is 5.91 Å². The third-order valence-electron chi connectivity index (χ3n) is 4.29. The van der Waals surface area contributed by atoms with E-state index in [1.54, 1.807) is 60.7 Å². The summed E-state index contributed by atoms with van der Waals surface area (Å²) in [6, 6.07) is 17.4. The molecule has 0 saturated carbocycles. The number of carbonyl (C=O) groups is 1. The van der Waals surface area contributed by atoms with E-state index in [4.69, 9.17) is 38.4 Å². The second-order valence-electron chi connectivity index (χ2n) is 6.41. The third kappa shape index (κ3) is 5.90. The molecule has 3 N–H and O–H groups in total. The highest BCUT2D eigenvalue weighted by Crippen LogP contribution is 2.31. The molecule has 3 aromatic carbocycles. The van der Waals surface area contributed by atoms with E-state index in [1.165, 1.54) is 6.21 Å². The van der Waals surface area contributed by atoms with Gasteiger partial charge < -0.3 is 15.2 Å². The van der Waals surface area contributed by atoms with Crippen molar-refractivity contribution in [1.82, 2.24) is 5.43 Å². The number of nitrogens with zero attached hydrogens (tertiary/aromatic N) is 1. The minimum atomic E-state index is -0.393. The first-order valence-corrected chi connectivity index (χ1v) is 10.3. The van der Waals surface area contributed by atoms with Crippen molar-refractivity contribution in [1.29, 1.82) is 0 Å². The van der Waals surface area contributed by atoms with Crippen molar-refractivity contribution in [2.45, 2.75) is 13.5 Å². The number of nitrogens with one attached hydrogen (secondary N) is 1. The van der Waals surface area contributed by atoms with Crippen LogP contribution in [0.4, 0.5) is 5.69 Å². The number of halogens is 2. The van der Waals surface area contributed by atoms with Gasteiger partial charge in [0, 0.05) is 21.3 Å². The minimum absolute atomic E-state index is 0.195. The number of hydrogen-bond donors (Lipinski definition) is 2. The van der Waals surface area contributed by atoms with Gasteiger partial charge in [0.15, 0.2) is 11.5 Å². The summed E-state index contributed by atoms with van der Waals surface area (Å²) in [7, 11) is 0. The van der Waals surface area contributed by atoms with Crippen LogP contribution in [-0.4, -0.2) is 18.7 Å². The molecule has 31 heavy (non-hydrogen) atoms. The molecule has 0 spiro atoms. The number of amides is 1. The number of nitrogen functional groups attached to an aromatic ring is 1. The van der Waals surface area contributed by atoms with Crippen LogP contribution in [0.5, 0.6) is 11.5 Å². The average molecular weight is 458 g/mol. The monoisotopic (exact) mass is 457 g/mol. The lowest BCUT2D eigenvalue weighted by atomic mass is 10.2. The fourth-order valence-corrected chi connectivity index (χ4v) is 3.25. The molecular weight excluding hydrogens is 437 g/mol. The van der Waals surface area contributed by atoms with Crippen LogP contribution in [0.15, 0.2) is 65.8 Å². The number of ether oxygens (including phenoxy) is 2. The molecule has 160 valence electrons.